The number of hydrogen-bond acceptors (Lipinski definition) is 1. The highest BCUT2D eigenvalue weighted by Crippen LogP contribution is 2.22. The van der Waals surface area contributed by atoms with Crippen LogP contribution in [0.2, 0.25) is 22.7 Å². The monoisotopic (exact) mass is 331 g/mol. The maximum absolute atomic E-state index is 5.99. The third-order valence-corrected chi connectivity index (χ3v) is 5.00. The fraction of sp³-hybridized carbons (Fsp3) is 0.333. The Hall–Kier alpha value is -1.12. The van der Waals surface area contributed by atoms with Crippen LogP contribution in [0.5, 0.6) is 0 Å². The molecule has 114 valence electrons. The van der Waals surface area contributed by atoms with Crippen molar-refractivity contribution < 1.29 is 0 Å². The van der Waals surface area contributed by atoms with Gasteiger partial charge in [0.25, 0.3) is 0 Å². The number of benzene rings is 2. The number of anilines is 1. The molecule has 0 bridgehead atoms. The lowest BCUT2D eigenvalue weighted by molar-refractivity contribution is 0.722. The Morgan fingerprint density at radius 2 is 1.23 bits per heavy atom. The van der Waals surface area contributed by atoms with Gasteiger partial charge in [-0.3, -0.25) is 0 Å². The van der Waals surface area contributed by atoms with Crippen molar-refractivity contribution in [3.63, 3.8) is 0 Å². The number of nitrogens with zero attached hydrogens (tertiary/aromatic N) is 1. The predicted octanol–water partition coefficient (Wildman–Crippen LogP) is 5.00. The summed E-state index contributed by atoms with van der Waals surface area (Å²) in [5.41, 5.74) is 2.72. The second kappa shape index (κ2) is 7.43. The Balaban J connectivity index is 1.62. The largest absolute Gasteiger partial charge is 0.372 e. The lowest BCUT2D eigenvalue weighted by Gasteiger charge is -2.29. The molecule has 0 aliphatic carbocycles. The Morgan fingerprint density at radius 3 is 1.77 bits per heavy atom. The molecule has 0 atom stereocenters. The Kier molecular flexibility index (Phi) is 5.33. The summed E-state index contributed by atoms with van der Waals surface area (Å²) in [7, 11) is 0. The summed E-state index contributed by atoms with van der Waals surface area (Å²) in [6.45, 7) is 2.90. The molecule has 0 radical (unpaired) electrons. The molecule has 2 aromatic rings. The van der Waals surface area contributed by atoms with E-state index in [9.17, 15) is 0 Å². The van der Waals surface area contributed by atoms with Crippen molar-refractivity contribution in [1.82, 2.24) is 0 Å². The third-order valence-electron chi connectivity index (χ3n) is 4.49. The van der Waals surface area contributed by atoms with E-state index in [0.29, 0.717) is 6.71 Å². The highest BCUT2D eigenvalue weighted by molar-refractivity contribution is 6.73. The normalized spacial score (nSPS) is 16.3. The molecule has 4 heteroatoms. The summed E-state index contributed by atoms with van der Waals surface area (Å²) in [4.78, 5) is 2.48. The molecule has 1 aliphatic rings. The lowest BCUT2D eigenvalue weighted by Crippen LogP contribution is -2.36. The zero-order valence-electron chi connectivity index (χ0n) is 12.6. The quantitative estimate of drug-likeness (QED) is 0.700. The molecular formula is C18H20BCl2N. The van der Waals surface area contributed by atoms with Gasteiger partial charge in [-0.25, -0.2) is 0 Å². The molecule has 0 unspecified atom stereocenters. The van der Waals surface area contributed by atoms with Crippen LogP contribution in [0.3, 0.4) is 0 Å². The minimum Gasteiger partial charge on any atom is -0.372 e. The van der Waals surface area contributed by atoms with Gasteiger partial charge in [0.05, 0.1) is 0 Å². The molecule has 1 saturated heterocycles. The smallest absolute Gasteiger partial charge is 0.176 e. The molecule has 0 N–H and O–H groups in total. The first-order valence-corrected chi connectivity index (χ1v) is 8.74. The van der Waals surface area contributed by atoms with Crippen LogP contribution < -0.4 is 10.4 Å². The van der Waals surface area contributed by atoms with Crippen LogP contribution in [0, 0.1) is 0 Å². The summed E-state index contributed by atoms with van der Waals surface area (Å²) < 4.78 is 0. The molecule has 0 amide bonds. The van der Waals surface area contributed by atoms with Crippen molar-refractivity contribution in [3.8, 4) is 0 Å². The van der Waals surface area contributed by atoms with Crippen LogP contribution in [0.4, 0.5) is 5.69 Å². The van der Waals surface area contributed by atoms with Crippen LogP contribution in [0.1, 0.15) is 12.8 Å². The Labute approximate surface area is 143 Å². The van der Waals surface area contributed by atoms with Crippen molar-refractivity contribution in [3.05, 3.63) is 58.6 Å². The molecule has 0 aromatic heterocycles. The second-order valence-corrected chi connectivity index (χ2v) is 6.87. The summed E-state index contributed by atoms with van der Waals surface area (Å²) in [5.74, 6) is 0. The standard InChI is InChI=1S/C18H20BCl2N/c20-16-5-3-15(4-6-16)19-11-1-13-22(14-2-12-19)18-9-7-17(21)8-10-18/h3-10H,1-2,11-14H2. The molecule has 1 nitrogen and oxygen atoms in total. The average molecular weight is 332 g/mol. The second-order valence-electron chi connectivity index (χ2n) is 6.00. The van der Waals surface area contributed by atoms with Gasteiger partial charge in [0.15, 0.2) is 6.71 Å². The molecule has 1 aliphatic heterocycles. The summed E-state index contributed by atoms with van der Waals surface area (Å²) in [6, 6.07) is 16.6. The first-order valence-electron chi connectivity index (χ1n) is 7.98. The lowest BCUT2D eigenvalue weighted by atomic mass is 9.39. The predicted molar refractivity (Wildman–Crippen MR) is 99.4 cm³/mol. The van der Waals surface area contributed by atoms with Gasteiger partial charge in [-0.05, 0) is 49.2 Å². The maximum Gasteiger partial charge on any atom is 0.176 e. The maximum atomic E-state index is 5.99. The fourth-order valence-electron chi connectivity index (χ4n) is 3.29. The van der Waals surface area contributed by atoms with E-state index < -0.39 is 0 Å². The van der Waals surface area contributed by atoms with Gasteiger partial charge in [0, 0.05) is 28.8 Å². The molecule has 1 fully saturated rings. The first-order chi connectivity index (χ1) is 10.7. The third kappa shape index (κ3) is 4.00. The van der Waals surface area contributed by atoms with Crippen molar-refractivity contribution >= 4 is 41.1 Å². The van der Waals surface area contributed by atoms with Crippen LogP contribution in [-0.2, 0) is 0 Å². The van der Waals surface area contributed by atoms with E-state index in [1.165, 1.54) is 36.6 Å². The van der Waals surface area contributed by atoms with E-state index in [0.717, 1.165) is 23.1 Å². The van der Waals surface area contributed by atoms with Crippen LogP contribution in [0.15, 0.2) is 48.5 Å². The van der Waals surface area contributed by atoms with Crippen molar-refractivity contribution in [2.45, 2.75) is 25.5 Å². The molecule has 22 heavy (non-hydrogen) atoms. The number of rotatable bonds is 2. The molecular weight excluding hydrogens is 312 g/mol. The fourth-order valence-corrected chi connectivity index (χ4v) is 3.54. The molecule has 0 saturated carbocycles. The van der Waals surface area contributed by atoms with E-state index in [1.54, 1.807) is 0 Å². The van der Waals surface area contributed by atoms with E-state index in [1.807, 2.05) is 24.3 Å². The molecule has 0 spiro atoms. The Bertz CT molecular complexity index is 534. The van der Waals surface area contributed by atoms with E-state index in [4.69, 9.17) is 23.2 Å². The Morgan fingerprint density at radius 1 is 0.727 bits per heavy atom. The molecule has 2 aromatic carbocycles. The van der Waals surface area contributed by atoms with Gasteiger partial charge < -0.3 is 4.90 Å². The first kappa shape index (κ1) is 15.8. The SMILES string of the molecule is Clc1ccc(B2CCCN(c3ccc(Cl)cc3)CCC2)cc1. The number of halogens is 2. The van der Waals surface area contributed by atoms with Gasteiger partial charge in [-0.15, -0.1) is 0 Å². The van der Waals surface area contributed by atoms with Crippen LogP contribution >= 0.6 is 23.2 Å². The van der Waals surface area contributed by atoms with Gasteiger partial charge >= 0.3 is 0 Å². The van der Waals surface area contributed by atoms with Crippen LogP contribution in [-0.4, -0.2) is 19.8 Å². The molecule has 1 heterocycles. The minimum atomic E-state index is 0.671. The van der Waals surface area contributed by atoms with Crippen molar-refractivity contribution in [1.29, 1.82) is 0 Å². The van der Waals surface area contributed by atoms with E-state index >= 15 is 0 Å². The van der Waals surface area contributed by atoms with Gasteiger partial charge in [-0.1, -0.05) is 53.4 Å². The van der Waals surface area contributed by atoms with Crippen molar-refractivity contribution in [2.24, 2.45) is 0 Å². The van der Waals surface area contributed by atoms with Gasteiger partial charge in [0.2, 0.25) is 0 Å². The van der Waals surface area contributed by atoms with Gasteiger partial charge in [-0.2, -0.15) is 0 Å². The van der Waals surface area contributed by atoms with E-state index in [-0.39, 0.29) is 0 Å². The zero-order chi connectivity index (χ0) is 15.4. The van der Waals surface area contributed by atoms with E-state index in [2.05, 4.69) is 29.2 Å². The summed E-state index contributed by atoms with van der Waals surface area (Å²) in [6.07, 6.45) is 4.92. The topological polar surface area (TPSA) is 3.24 Å². The van der Waals surface area contributed by atoms with Crippen molar-refractivity contribution in [2.75, 3.05) is 18.0 Å². The molecule has 3 rings (SSSR count). The summed E-state index contributed by atoms with van der Waals surface area (Å²) in [5, 5.41) is 1.63. The average Bonchev–Trinajstić information content (AvgIpc) is 2.50. The minimum absolute atomic E-state index is 0.671. The highest BCUT2D eigenvalue weighted by Gasteiger charge is 2.20. The van der Waals surface area contributed by atoms with Crippen LogP contribution in [0.25, 0.3) is 0 Å². The van der Waals surface area contributed by atoms with Gasteiger partial charge in [0.1, 0.15) is 0 Å². The highest BCUT2D eigenvalue weighted by atomic mass is 35.5. The number of hydrogen-bond donors (Lipinski definition) is 0. The zero-order valence-corrected chi connectivity index (χ0v) is 14.2. The summed E-state index contributed by atoms with van der Waals surface area (Å²) >= 11 is 12.0.